The van der Waals surface area contributed by atoms with E-state index in [1.807, 2.05) is 0 Å². The first kappa shape index (κ1) is 120. The fraction of sp³-hybridized carbons (Fsp3) is 0.674. The van der Waals surface area contributed by atoms with Gasteiger partial charge in [-0.25, -0.2) is 4.79 Å². The number of carbonyl (C=O) groups is 21. The Morgan fingerprint density at radius 2 is 0.861 bits per heavy atom. The van der Waals surface area contributed by atoms with Crippen molar-refractivity contribution >= 4 is 143 Å². The number of unbranched alkanes of at least 4 members (excludes halogenated alkanes) is 2. The third-order valence-electron chi connectivity index (χ3n) is 22.5. The average molecular weight is 1960 g/mol. The van der Waals surface area contributed by atoms with E-state index in [2.05, 4.69) is 103 Å². The highest BCUT2D eigenvalue weighted by Crippen LogP contribution is 2.23. The zero-order chi connectivity index (χ0) is 104. The van der Waals surface area contributed by atoms with E-state index in [1.54, 1.807) is 41.5 Å². The molecular formula is C86H144N24O26S. The summed E-state index contributed by atoms with van der Waals surface area (Å²) in [6.07, 6.45) is -3.42. The Balaban J connectivity index is 2.43. The molecule has 0 aromatic heterocycles. The van der Waals surface area contributed by atoms with Crippen LogP contribution in [0.5, 0.6) is 5.75 Å². The normalized spacial score (nSPS) is 16.3. The summed E-state index contributed by atoms with van der Waals surface area (Å²) in [6, 6.07) is -18.7. The maximum atomic E-state index is 14.8. The number of aliphatic hydroxyl groups is 1. The van der Waals surface area contributed by atoms with Crippen molar-refractivity contribution in [3.63, 3.8) is 0 Å². The molecule has 137 heavy (non-hydrogen) atoms. The molecule has 50 nitrogen and oxygen atoms in total. The maximum absolute atomic E-state index is 14.8. The first-order valence-electron chi connectivity index (χ1n) is 45.6. The molecule has 18 amide bonds. The Hall–Kier alpha value is -12.6. The monoisotopic (exact) mass is 1960 g/mol. The minimum Gasteiger partial charge on any atom is -0.508 e. The van der Waals surface area contributed by atoms with Crippen molar-refractivity contribution in [1.29, 1.82) is 5.41 Å². The predicted molar refractivity (Wildman–Crippen MR) is 498 cm³/mol. The number of nitrogens with one attached hydrogen (secondary N) is 18. The number of rotatable bonds is 64. The summed E-state index contributed by atoms with van der Waals surface area (Å²) in [5, 5.41) is 98.4. The topological polar surface area (TPSA) is 821 Å². The second-order valence-corrected chi connectivity index (χ2v) is 35.2. The Kier molecular flexibility index (Phi) is 54.0. The van der Waals surface area contributed by atoms with Crippen LogP contribution in [0.3, 0.4) is 0 Å². The first-order valence-corrected chi connectivity index (χ1v) is 46.3. The van der Waals surface area contributed by atoms with Gasteiger partial charge in [0.2, 0.25) is 106 Å². The molecule has 770 valence electrons. The van der Waals surface area contributed by atoms with Gasteiger partial charge in [-0.1, -0.05) is 94.2 Å². The van der Waals surface area contributed by atoms with Crippen molar-refractivity contribution in [2.45, 2.75) is 295 Å². The number of benzene rings is 1. The third kappa shape index (κ3) is 43.1. The molecule has 0 unspecified atom stereocenters. The number of hydrogen-bond acceptors (Lipinski definition) is 28. The van der Waals surface area contributed by atoms with Crippen LogP contribution in [0.1, 0.15) is 191 Å². The van der Waals surface area contributed by atoms with Crippen LogP contribution in [-0.4, -0.2) is 308 Å². The molecule has 1 aromatic carbocycles. The van der Waals surface area contributed by atoms with Gasteiger partial charge in [0.1, 0.15) is 96.4 Å². The second kappa shape index (κ2) is 61.4. The van der Waals surface area contributed by atoms with Gasteiger partial charge < -0.3 is 149 Å². The van der Waals surface area contributed by atoms with Crippen LogP contribution < -0.4 is 119 Å². The van der Waals surface area contributed by atoms with Gasteiger partial charge in [-0.05, 0) is 145 Å². The van der Waals surface area contributed by atoms with E-state index in [4.69, 9.17) is 34.1 Å². The molecule has 51 heteroatoms. The number of primary amides is 1. The number of aromatic hydroxyl groups is 1. The van der Waals surface area contributed by atoms with Gasteiger partial charge in [-0.3, -0.25) is 101 Å². The molecule has 19 atom stereocenters. The Morgan fingerprint density at radius 1 is 0.445 bits per heavy atom. The molecular weight excluding hydrogens is 1820 g/mol. The number of amides is 18. The number of guanidine groups is 1. The number of phenolic OH excluding ortho intramolecular Hbond substituents is 1. The smallest absolute Gasteiger partial charge is 0.326 e. The van der Waals surface area contributed by atoms with E-state index >= 15 is 0 Å². The number of aliphatic carboxylic acids is 3. The lowest BCUT2D eigenvalue weighted by atomic mass is 9.95. The van der Waals surface area contributed by atoms with Crippen molar-refractivity contribution in [2.75, 3.05) is 45.0 Å². The van der Waals surface area contributed by atoms with Crippen LogP contribution >= 0.6 is 12.6 Å². The highest BCUT2D eigenvalue weighted by molar-refractivity contribution is 7.80. The van der Waals surface area contributed by atoms with Crippen molar-refractivity contribution in [2.24, 2.45) is 58.3 Å². The van der Waals surface area contributed by atoms with Crippen molar-refractivity contribution < 1.29 is 126 Å². The van der Waals surface area contributed by atoms with Gasteiger partial charge in [-0.15, -0.1) is 0 Å². The number of thiol groups is 1. The van der Waals surface area contributed by atoms with Crippen LogP contribution in [0, 0.1) is 35.0 Å². The number of nitrogens with zero attached hydrogens (tertiary/aromatic N) is 1. The fourth-order valence-electron chi connectivity index (χ4n) is 14.0. The number of carboxylic acids is 3. The summed E-state index contributed by atoms with van der Waals surface area (Å²) < 4.78 is 0. The Bertz CT molecular complexity index is 4300. The molecule has 0 bridgehead atoms. The zero-order valence-corrected chi connectivity index (χ0v) is 80.5. The summed E-state index contributed by atoms with van der Waals surface area (Å²) in [5.41, 5.74) is 29.1. The summed E-state index contributed by atoms with van der Waals surface area (Å²) in [6.45, 7) is 16.7. The Morgan fingerprint density at radius 3 is 1.33 bits per heavy atom. The van der Waals surface area contributed by atoms with Crippen molar-refractivity contribution in [3.8, 4) is 5.75 Å². The largest absolute Gasteiger partial charge is 0.508 e. The van der Waals surface area contributed by atoms with Gasteiger partial charge >= 0.3 is 17.9 Å². The number of aliphatic hydroxyl groups excluding tert-OH is 1. The Labute approximate surface area is 800 Å². The minimum atomic E-state index is -1.84. The van der Waals surface area contributed by atoms with E-state index in [0.717, 1.165) is 11.8 Å². The summed E-state index contributed by atoms with van der Waals surface area (Å²) in [5.74, 6) is -26.2. The molecule has 1 heterocycles. The lowest BCUT2D eigenvalue weighted by Crippen LogP contribution is -2.62. The molecule has 0 saturated carbocycles. The lowest BCUT2D eigenvalue weighted by molar-refractivity contribution is -0.143. The molecule has 0 radical (unpaired) electrons. The number of likely N-dealkylation sites (tertiary alicyclic amines) is 1. The quantitative estimate of drug-likeness (QED) is 0.0125. The van der Waals surface area contributed by atoms with Crippen LogP contribution in [-0.2, 0) is 107 Å². The second-order valence-electron chi connectivity index (χ2n) is 34.8. The lowest BCUT2D eigenvalue weighted by Gasteiger charge is -2.31. The molecule has 33 N–H and O–H groups in total. The average Bonchev–Trinajstić information content (AvgIpc) is 1.71. The predicted octanol–water partition coefficient (Wildman–Crippen LogP) is -7.52. The fourth-order valence-corrected chi connectivity index (χ4v) is 14.3. The molecule has 1 aromatic rings. The highest BCUT2D eigenvalue weighted by atomic mass is 32.1. The van der Waals surface area contributed by atoms with E-state index < -0.39 is 307 Å². The van der Waals surface area contributed by atoms with Crippen LogP contribution in [0.2, 0.25) is 0 Å². The number of carboxylic acid groups (broad SMARTS) is 3. The van der Waals surface area contributed by atoms with Gasteiger partial charge in [-0.2, -0.15) is 12.6 Å². The highest BCUT2D eigenvalue weighted by Gasteiger charge is 2.44. The third-order valence-corrected chi connectivity index (χ3v) is 22.8. The molecule has 1 saturated heterocycles. The van der Waals surface area contributed by atoms with Crippen LogP contribution in [0.25, 0.3) is 0 Å². The first-order chi connectivity index (χ1) is 64.3. The van der Waals surface area contributed by atoms with Crippen LogP contribution in [0.15, 0.2) is 24.3 Å². The minimum absolute atomic E-state index is 0.00644. The summed E-state index contributed by atoms with van der Waals surface area (Å²) >= 11 is 4.34. The van der Waals surface area contributed by atoms with E-state index in [-0.39, 0.29) is 103 Å². The maximum Gasteiger partial charge on any atom is 0.326 e. The summed E-state index contributed by atoms with van der Waals surface area (Å²) in [7, 11) is 0. The number of hydrogen-bond donors (Lipinski definition) is 29. The number of nitrogens with two attached hydrogens (primary N) is 5. The van der Waals surface area contributed by atoms with Gasteiger partial charge in [0.25, 0.3) is 0 Å². The molecule has 1 fully saturated rings. The molecule has 0 aliphatic carbocycles. The van der Waals surface area contributed by atoms with Crippen LogP contribution in [0.4, 0.5) is 0 Å². The number of phenols is 1. The van der Waals surface area contributed by atoms with Crippen molar-refractivity contribution in [3.05, 3.63) is 29.8 Å². The summed E-state index contributed by atoms with van der Waals surface area (Å²) in [4.78, 5) is 287. The van der Waals surface area contributed by atoms with E-state index in [0.29, 0.717) is 18.4 Å². The zero-order valence-electron chi connectivity index (χ0n) is 79.6. The molecule has 2 rings (SSSR count). The van der Waals surface area contributed by atoms with Crippen molar-refractivity contribution in [1.82, 2.24) is 95.3 Å². The van der Waals surface area contributed by atoms with E-state index in [1.165, 1.54) is 58.9 Å². The molecule has 0 spiro atoms. The van der Waals surface area contributed by atoms with E-state index in [9.17, 15) is 126 Å². The molecule has 1 aliphatic rings. The van der Waals surface area contributed by atoms with Gasteiger partial charge in [0, 0.05) is 31.7 Å². The van der Waals surface area contributed by atoms with Gasteiger partial charge in [0.15, 0.2) is 5.96 Å². The SMILES string of the molecule is CC[C@H](C)[C@H](NC(=O)[C@H](CS)NC(=O)[C@@H](NC(=O)[C@@H](NC(=O)[C@H](CCCNC(=N)N)NC(=O)[C@H](CCCCN)NC(=O)[C@@H]1CCCN1C(=O)[C@H](CC(N)=O)NC(=O)[C@H](CCCCN)NC(=O)[C@H](C)NC(=O)[C@H](Cc1ccc(O)cc1)NC(=O)[C@@H](N)CC(=O)O)[C@@H](C)CC)C(C)C)C(=O)N[C@H](C(=O)NCC(=O)N[C@H](C(=O)N[C@@H](CCC(=O)O)C(=O)NCC(=O)N[C@H](C(=O)O)C(C)C)[C@@H](C)O)C(C)C. The van der Waals surface area contributed by atoms with Gasteiger partial charge in [0.05, 0.1) is 38.1 Å². The number of carbonyl (C=O) groups excluding carboxylic acids is 18. The standard InChI is InChI=1S/C86H144N24O26S/c1-13-44(9)67(82(132)107-65(42(5)6)80(130)103-57(40-137)77(127)109-68(45(10)14-2)81(131)106-64(41(3)4)79(129)95-39-61(115)105-69(47(12)111)83(133)100-54(29-30-62(116)117)72(122)94-38-60(114)104-66(43(7)8)85(135)136)108-75(125)53(23-19-33-93-86(91)92)98-73(123)52(22-16-18-32-88)99-78(128)58-24-20-34-110(58)84(134)56(37-59(90)113)102-74(124)51(21-15-17-31-87)97-70(120)46(11)96-76(126)55(35-48-25-27-49(112)28-26-48)101-71(121)50(89)36-63(118)119/h25-28,41-47,50-58,64-69,111-112,137H,13-24,29-40,87-89H2,1-12H3,(H2,90,113)(H,94,122)(H,95,129)(H,96,126)(H,97,120)(H,98,123)(H,99,128)(H,100,133)(H,101,121)(H,102,124)(H,103,130)(H,104,114)(H,105,115)(H,106,131)(H,107,132)(H,108,125)(H,109,127)(H,116,117)(H,118,119)(H,135,136)(H4,91,92,93)/t44-,45-,46-,47+,50-,51-,52-,53-,54-,55-,56-,57-,58-,64-,65-,66-,67-,68-,69-/m0/s1. The molecule has 1 aliphatic heterocycles.